The van der Waals surface area contributed by atoms with Gasteiger partial charge in [-0.25, -0.2) is 12.7 Å². The van der Waals surface area contributed by atoms with Crippen molar-refractivity contribution in [3.05, 3.63) is 53.6 Å². The predicted octanol–water partition coefficient (Wildman–Crippen LogP) is 3.49. The Morgan fingerprint density at radius 3 is 2.51 bits per heavy atom. The second kappa shape index (κ2) is 11.9. The molecule has 0 bridgehead atoms. The lowest BCUT2D eigenvalue weighted by molar-refractivity contribution is -0.146. The van der Waals surface area contributed by atoms with E-state index in [2.05, 4.69) is 42.6 Å². The van der Waals surface area contributed by atoms with E-state index in [1.54, 1.807) is 0 Å². The third-order valence-electron chi connectivity index (χ3n) is 7.63. The summed E-state index contributed by atoms with van der Waals surface area (Å²) in [7, 11) is -0.712. The Labute approximate surface area is 220 Å². The molecule has 0 aliphatic carbocycles. The normalized spacial score (nSPS) is 18.9. The summed E-state index contributed by atoms with van der Waals surface area (Å²) in [5, 5.41) is 3.08. The zero-order valence-corrected chi connectivity index (χ0v) is 22.8. The lowest BCUT2D eigenvalue weighted by atomic mass is 9.87. The maximum Gasteiger partial charge on any atom is 0.328 e. The van der Waals surface area contributed by atoms with Crippen LogP contribution < -0.4 is 10.1 Å². The number of ether oxygens (including phenoxy) is 3. The van der Waals surface area contributed by atoms with Gasteiger partial charge in [-0.1, -0.05) is 30.3 Å². The van der Waals surface area contributed by atoms with Gasteiger partial charge in [0.25, 0.3) is 0 Å². The van der Waals surface area contributed by atoms with E-state index in [4.69, 9.17) is 14.2 Å². The first-order chi connectivity index (χ1) is 17.8. The molecule has 0 atom stereocenters. The highest BCUT2D eigenvalue weighted by Gasteiger charge is 2.55. The van der Waals surface area contributed by atoms with Crippen LogP contribution in [0.15, 0.2) is 42.5 Å². The maximum atomic E-state index is 13.6. The Balaban J connectivity index is 1.45. The molecule has 8 nitrogen and oxygen atoms in total. The van der Waals surface area contributed by atoms with Gasteiger partial charge in [0, 0.05) is 45.7 Å². The first kappa shape index (κ1) is 27.6. The molecule has 2 aromatic carbocycles. The summed E-state index contributed by atoms with van der Waals surface area (Å²) >= 11 is 0. The van der Waals surface area contributed by atoms with E-state index < -0.39 is 20.7 Å². The van der Waals surface area contributed by atoms with Crippen LogP contribution in [0.25, 0.3) is 11.1 Å². The number of aryl methyl sites for hydroxylation is 1. The van der Waals surface area contributed by atoms with Crippen LogP contribution in [-0.2, 0) is 24.3 Å². The summed E-state index contributed by atoms with van der Waals surface area (Å²) in [5.41, 5.74) is 4.65. The molecule has 0 radical (unpaired) electrons. The van der Waals surface area contributed by atoms with E-state index in [1.165, 1.54) is 22.5 Å². The number of piperidine rings is 1. The molecular weight excluding hydrogens is 492 g/mol. The number of rotatable bonds is 9. The molecule has 0 saturated carbocycles. The third-order valence-corrected chi connectivity index (χ3v) is 10.2. The zero-order chi connectivity index (χ0) is 26.5. The number of hydrogen-bond donors (Lipinski definition) is 1. The Hall–Kier alpha value is -2.46. The second-order valence-corrected chi connectivity index (χ2v) is 12.1. The number of nitrogens with zero attached hydrogens (tertiary/aromatic N) is 1. The van der Waals surface area contributed by atoms with Crippen molar-refractivity contribution >= 4 is 16.0 Å². The quantitative estimate of drug-likeness (QED) is 0.392. The number of likely N-dealkylation sites (N-methyl/N-ethyl adjacent to an activating group) is 1. The summed E-state index contributed by atoms with van der Waals surface area (Å²) in [6.07, 6.45) is 1.68. The van der Waals surface area contributed by atoms with Crippen LogP contribution >= 0.6 is 0 Å². The summed E-state index contributed by atoms with van der Waals surface area (Å²) in [6.45, 7) is 4.76. The lowest BCUT2D eigenvalue weighted by Crippen LogP contribution is -2.57. The van der Waals surface area contributed by atoms with Crippen LogP contribution in [0.1, 0.15) is 42.7 Å². The molecule has 2 aromatic rings. The molecular formula is C28H38N2O6S. The number of esters is 1. The van der Waals surface area contributed by atoms with Gasteiger partial charge < -0.3 is 19.5 Å². The molecule has 9 heteroatoms. The first-order valence-electron chi connectivity index (χ1n) is 13.0. The summed E-state index contributed by atoms with van der Waals surface area (Å²) in [4.78, 5) is 12.6. The molecule has 202 valence electrons. The van der Waals surface area contributed by atoms with E-state index >= 15 is 0 Å². The fourth-order valence-corrected chi connectivity index (χ4v) is 7.58. The molecule has 0 spiro atoms. The van der Waals surface area contributed by atoms with Gasteiger partial charge in [0.15, 0.2) is 4.75 Å². The van der Waals surface area contributed by atoms with E-state index in [0.717, 1.165) is 23.4 Å². The number of carbonyl (C=O) groups excluding carboxylic acids is 1. The van der Waals surface area contributed by atoms with E-state index in [1.807, 2.05) is 19.2 Å². The van der Waals surface area contributed by atoms with Crippen LogP contribution in [0.2, 0.25) is 0 Å². The van der Waals surface area contributed by atoms with Gasteiger partial charge in [0.05, 0.1) is 7.11 Å². The summed E-state index contributed by atoms with van der Waals surface area (Å²) in [5.74, 6) is 0.430. The van der Waals surface area contributed by atoms with Crippen molar-refractivity contribution in [1.29, 1.82) is 0 Å². The van der Waals surface area contributed by atoms with E-state index in [-0.39, 0.29) is 32.0 Å². The SMILES string of the molecule is CNCCOc1cccc(-c2ccc(C3CCN(S(=O)(=O)C4(C(=O)OC)CCOCC4)CC3)cc2C)c1. The Kier molecular flexibility index (Phi) is 8.90. The first-order valence-corrected chi connectivity index (χ1v) is 14.4. The van der Waals surface area contributed by atoms with Crippen LogP contribution in [0, 0.1) is 6.92 Å². The van der Waals surface area contributed by atoms with Gasteiger partial charge in [-0.3, -0.25) is 4.79 Å². The predicted molar refractivity (Wildman–Crippen MR) is 143 cm³/mol. The number of methoxy groups -OCH3 is 1. The van der Waals surface area contributed by atoms with Gasteiger partial charge in [0.1, 0.15) is 12.4 Å². The molecule has 2 saturated heterocycles. The highest BCUT2D eigenvalue weighted by Crippen LogP contribution is 2.38. The molecule has 37 heavy (non-hydrogen) atoms. The molecule has 4 rings (SSSR count). The standard InChI is InChI=1S/C28H38N2O6S/c1-21-19-23(7-8-26(21)24-5-4-6-25(20-24)36-18-13-29-2)22-9-14-30(15-10-22)37(32,33)28(27(31)34-3)11-16-35-17-12-28/h4-8,19-20,22,29H,9-18H2,1-3H3. The Morgan fingerprint density at radius 1 is 1.14 bits per heavy atom. The number of hydrogen-bond acceptors (Lipinski definition) is 7. The molecule has 2 fully saturated rings. The number of carbonyl (C=O) groups is 1. The second-order valence-electron chi connectivity index (χ2n) is 9.83. The minimum Gasteiger partial charge on any atom is -0.492 e. The smallest absolute Gasteiger partial charge is 0.328 e. The molecule has 2 aliphatic heterocycles. The van der Waals surface area contributed by atoms with Gasteiger partial charge in [-0.15, -0.1) is 0 Å². The van der Waals surface area contributed by atoms with Crippen molar-refractivity contribution in [2.45, 2.75) is 43.3 Å². The lowest BCUT2D eigenvalue weighted by Gasteiger charge is -2.40. The van der Waals surface area contributed by atoms with E-state index in [0.29, 0.717) is 32.5 Å². The molecule has 0 amide bonds. The third kappa shape index (κ3) is 5.70. The molecule has 0 aromatic heterocycles. The monoisotopic (exact) mass is 530 g/mol. The van der Waals surface area contributed by atoms with Crippen LogP contribution in [0.4, 0.5) is 0 Å². The maximum absolute atomic E-state index is 13.6. The van der Waals surface area contributed by atoms with Crippen molar-refractivity contribution in [3.8, 4) is 16.9 Å². The van der Waals surface area contributed by atoms with Crippen LogP contribution in [-0.4, -0.2) is 77.1 Å². The van der Waals surface area contributed by atoms with Crippen molar-refractivity contribution in [2.75, 3.05) is 53.6 Å². The Bertz CT molecular complexity index is 1180. The zero-order valence-electron chi connectivity index (χ0n) is 22.0. The molecule has 0 unspecified atom stereocenters. The van der Waals surface area contributed by atoms with Crippen LogP contribution in [0.5, 0.6) is 5.75 Å². The minimum absolute atomic E-state index is 0.129. The fraction of sp³-hybridized carbons (Fsp3) is 0.536. The molecule has 1 N–H and O–H groups in total. The highest BCUT2D eigenvalue weighted by molar-refractivity contribution is 7.91. The van der Waals surface area contributed by atoms with Crippen LogP contribution in [0.3, 0.4) is 0 Å². The van der Waals surface area contributed by atoms with E-state index in [9.17, 15) is 13.2 Å². The van der Waals surface area contributed by atoms with Gasteiger partial charge in [-0.2, -0.15) is 0 Å². The molecule has 2 aliphatic rings. The number of sulfonamides is 1. The summed E-state index contributed by atoms with van der Waals surface area (Å²) < 4.78 is 43.3. The van der Waals surface area contributed by atoms with Gasteiger partial charge in [-0.05, 0) is 67.1 Å². The number of benzene rings is 2. The molecule has 2 heterocycles. The fourth-order valence-electron chi connectivity index (χ4n) is 5.42. The largest absolute Gasteiger partial charge is 0.492 e. The van der Waals surface area contributed by atoms with Crippen molar-refractivity contribution in [3.63, 3.8) is 0 Å². The minimum atomic E-state index is -3.86. The average molecular weight is 531 g/mol. The topological polar surface area (TPSA) is 94.2 Å². The Morgan fingerprint density at radius 2 is 1.86 bits per heavy atom. The van der Waals surface area contributed by atoms with Crippen molar-refractivity contribution in [1.82, 2.24) is 9.62 Å². The highest BCUT2D eigenvalue weighted by atomic mass is 32.2. The van der Waals surface area contributed by atoms with Crippen molar-refractivity contribution in [2.24, 2.45) is 0 Å². The summed E-state index contributed by atoms with van der Waals surface area (Å²) in [6, 6.07) is 14.6. The number of nitrogens with one attached hydrogen (secondary N) is 1. The average Bonchev–Trinajstić information content (AvgIpc) is 2.93. The van der Waals surface area contributed by atoms with Crippen molar-refractivity contribution < 1.29 is 27.4 Å². The van der Waals surface area contributed by atoms with Gasteiger partial charge >= 0.3 is 5.97 Å². The van der Waals surface area contributed by atoms with Gasteiger partial charge in [0.2, 0.25) is 10.0 Å².